The molecule has 0 amide bonds. The average molecular weight is 201 g/mol. The van der Waals surface area contributed by atoms with Gasteiger partial charge in [-0.2, -0.15) is 4.90 Å². The van der Waals surface area contributed by atoms with Gasteiger partial charge in [0.1, 0.15) is 0 Å². The number of rotatable bonds is 0. The molecule has 1 heterocycles. The van der Waals surface area contributed by atoms with Crippen molar-refractivity contribution in [3.63, 3.8) is 0 Å². The lowest BCUT2D eigenvalue weighted by Crippen LogP contribution is -2.07. The van der Waals surface area contributed by atoms with Crippen molar-refractivity contribution in [2.24, 2.45) is 0 Å². The fraction of sp³-hybridized carbons (Fsp3) is 0. The average Bonchev–Trinajstić information content (AvgIpc) is 2.30. The Labute approximate surface area is 87.1 Å². The van der Waals surface area contributed by atoms with E-state index in [4.69, 9.17) is 0 Å². The summed E-state index contributed by atoms with van der Waals surface area (Å²) in [6.45, 7) is 0. The third kappa shape index (κ3) is 1.99. The number of nitrogens with one attached hydrogen (secondary N) is 1. The van der Waals surface area contributed by atoms with E-state index in [-0.39, 0.29) is 5.71 Å². The van der Waals surface area contributed by atoms with Crippen LogP contribution in [-0.4, -0.2) is 10.6 Å². The number of hydrogen-bond acceptors (Lipinski definition) is 3. The minimum Gasteiger partial charge on any atom is -0.612 e. The number of hydrogen-bond donors (Lipinski definition) is 1. The molecule has 0 unspecified atom stereocenters. The summed E-state index contributed by atoms with van der Waals surface area (Å²) >= 11 is 0. The molecule has 0 saturated heterocycles. The monoisotopic (exact) mass is 201 g/mol. The molecule has 0 aromatic carbocycles. The fourth-order valence-corrected chi connectivity index (χ4v) is 1.35. The van der Waals surface area contributed by atoms with E-state index in [0.717, 1.165) is 11.1 Å². The molecule has 0 radical (unpaired) electrons. The van der Waals surface area contributed by atoms with Crippen LogP contribution < -0.4 is 5.32 Å². The molecule has 0 saturated carbocycles. The van der Waals surface area contributed by atoms with Crippen LogP contribution in [0.3, 0.4) is 0 Å². The summed E-state index contributed by atoms with van der Waals surface area (Å²) < 4.78 is 0. The summed E-state index contributed by atoms with van der Waals surface area (Å²) in [5.41, 5.74) is 2.11. The molecule has 0 spiro atoms. The first-order valence-electron chi connectivity index (χ1n) is 4.48. The molecular weight excluding hydrogens is 192 g/mol. The summed E-state index contributed by atoms with van der Waals surface area (Å²) in [5, 5.41) is 23.8. The van der Waals surface area contributed by atoms with Gasteiger partial charge in [0.25, 0.3) is 0 Å². The van der Waals surface area contributed by atoms with E-state index in [1.165, 1.54) is 12.2 Å². The smallest absolute Gasteiger partial charge is 0.222 e. The highest BCUT2D eigenvalue weighted by atomic mass is 16.8. The van der Waals surface area contributed by atoms with Gasteiger partial charge in [-0.3, -0.25) is 0 Å². The first-order chi connectivity index (χ1) is 7.27. The first kappa shape index (κ1) is 9.33. The molecule has 1 aliphatic heterocycles. The second-order valence-electron chi connectivity index (χ2n) is 3.09. The molecule has 1 N–H and O–H groups in total. The molecule has 0 fully saturated rings. The summed E-state index contributed by atoms with van der Waals surface area (Å²) in [6, 6.07) is 0. The minimum absolute atomic E-state index is 0.112. The maximum Gasteiger partial charge on any atom is 0.222 e. The highest BCUT2D eigenvalue weighted by molar-refractivity contribution is 6.02. The van der Waals surface area contributed by atoms with Gasteiger partial charge >= 0.3 is 0 Å². The third-order valence-corrected chi connectivity index (χ3v) is 2.13. The number of dihydropyridines is 1. The van der Waals surface area contributed by atoms with Crippen molar-refractivity contribution in [2.45, 2.75) is 0 Å². The predicted molar refractivity (Wildman–Crippen MR) is 58.7 cm³/mol. The Morgan fingerprint density at radius 1 is 0.800 bits per heavy atom. The van der Waals surface area contributed by atoms with Gasteiger partial charge in [-0.25, -0.2) is 0 Å². The lowest BCUT2D eigenvalue weighted by atomic mass is 10.0. The molecule has 0 aromatic rings. The van der Waals surface area contributed by atoms with Crippen molar-refractivity contribution in [1.82, 2.24) is 5.32 Å². The van der Waals surface area contributed by atoms with E-state index in [0.29, 0.717) is 0 Å². The van der Waals surface area contributed by atoms with Crippen LogP contribution in [-0.2, 0) is 0 Å². The van der Waals surface area contributed by atoms with Crippen LogP contribution in [0.15, 0.2) is 60.0 Å². The van der Waals surface area contributed by atoms with E-state index in [1.807, 2.05) is 24.6 Å². The molecular formula is C11H9N2O2-. The van der Waals surface area contributed by atoms with E-state index in [2.05, 4.69) is 5.32 Å². The topological polar surface area (TPSA) is 61.2 Å². The minimum atomic E-state index is -0.400. The van der Waals surface area contributed by atoms with Gasteiger partial charge in [0.15, 0.2) is 0 Å². The van der Waals surface area contributed by atoms with E-state index in [9.17, 15) is 10.4 Å². The quantitative estimate of drug-likeness (QED) is 0.477. The van der Waals surface area contributed by atoms with Gasteiger partial charge in [-0.1, -0.05) is 0 Å². The van der Waals surface area contributed by atoms with Crippen molar-refractivity contribution >= 4 is 5.71 Å². The standard InChI is InChI=1S/C11H9N2O2/c14-13(15)11-3-1-9(2-4-11)10-5-7-12-8-6-10/h1-8,12H/q-1. The zero-order valence-electron chi connectivity index (χ0n) is 7.88. The Morgan fingerprint density at radius 2 is 1.33 bits per heavy atom. The molecule has 0 bridgehead atoms. The Bertz CT molecular complexity index is 415. The normalized spacial score (nSPS) is 18.3. The van der Waals surface area contributed by atoms with Gasteiger partial charge in [0.2, 0.25) is 5.71 Å². The van der Waals surface area contributed by atoms with Crippen molar-refractivity contribution in [3.8, 4) is 0 Å². The number of nitrogens with zero attached hydrogens (tertiary/aromatic N) is 1. The van der Waals surface area contributed by atoms with Gasteiger partial charge in [0, 0.05) is 24.6 Å². The fourth-order valence-electron chi connectivity index (χ4n) is 1.35. The predicted octanol–water partition coefficient (Wildman–Crippen LogP) is 1.49. The molecule has 2 rings (SSSR count). The molecule has 4 heteroatoms. The Morgan fingerprint density at radius 3 is 1.87 bits per heavy atom. The van der Waals surface area contributed by atoms with Crippen molar-refractivity contribution < 1.29 is 4.90 Å². The highest BCUT2D eigenvalue weighted by Crippen LogP contribution is 2.16. The molecule has 15 heavy (non-hydrogen) atoms. The van der Waals surface area contributed by atoms with E-state index < -0.39 is 4.90 Å². The maximum atomic E-state index is 10.4. The lowest BCUT2D eigenvalue weighted by Gasteiger charge is -2.10. The van der Waals surface area contributed by atoms with E-state index in [1.54, 1.807) is 12.2 Å². The van der Waals surface area contributed by atoms with Crippen LogP contribution in [0.4, 0.5) is 0 Å². The first-order valence-corrected chi connectivity index (χ1v) is 4.48. The molecule has 4 nitrogen and oxygen atoms in total. The lowest BCUT2D eigenvalue weighted by molar-refractivity contribution is -0.377. The van der Waals surface area contributed by atoms with Gasteiger partial charge in [0.05, 0.1) is 0 Å². The van der Waals surface area contributed by atoms with Gasteiger partial charge < -0.3 is 15.7 Å². The maximum absolute atomic E-state index is 10.4. The Kier molecular flexibility index (Phi) is 2.41. The van der Waals surface area contributed by atoms with Crippen LogP contribution in [0.5, 0.6) is 0 Å². The van der Waals surface area contributed by atoms with E-state index >= 15 is 0 Å². The molecule has 0 aromatic heterocycles. The summed E-state index contributed by atoms with van der Waals surface area (Å²) in [6.07, 6.45) is 14.0. The molecule has 1 aliphatic carbocycles. The molecule has 2 aliphatic rings. The second kappa shape index (κ2) is 3.88. The summed E-state index contributed by atoms with van der Waals surface area (Å²) in [7, 11) is 0. The summed E-state index contributed by atoms with van der Waals surface area (Å²) in [4.78, 5) is -0.400. The van der Waals surface area contributed by atoms with Gasteiger partial charge in [-0.15, -0.1) is 0 Å². The van der Waals surface area contributed by atoms with Gasteiger partial charge in [-0.05, 0) is 35.5 Å². The van der Waals surface area contributed by atoms with Crippen molar-refractivity contribution in [2.75, 3.05) is 0 Å². The second-order valence-corrected chi connectivity index (χ2v) is 3.09. The zero-order valence-corrected chi connectivity index (χ0v) is 7.88. The Balaban J connectivity index is 2.31. The SMILES string of the molecule is [O-][N+]([O-])=C1C=CC(=C2C=CNC=C2)C=C1. The Hall–Kier alpha value is -2.23. The van der Waals surface area contributed by atoms with Crippen LogP contribution in [0.25, 0.3) is 0 Å². The van der Waals surface area contributed by atoms with Crippen LogP contribution in [0.2, 0.25) is 0 Å². The van der Waals surface area contributed by atoms with Crippen molar-refractivity contribution in [1.29, 1.82) is 0 Å². The van der Waals surface area contributed by atoms with Crippen LogP contribution in [0.1, 0.15) is 0 Å². The van der Waals surface area contributed by atoms with Crippen LogP contribution in [0, 0.1) is 10.4 Å². The van der Waals surface area contributed by atoms with Crippen molar-refractivity contribution in [3.05, 3.63) is 70.4 Å². The zero-order chi connectivity index (χ0) is 10.7. The highest BCUT2D eigenvalue weighted by Gasteiger charge is 2.05. The molecule has 76 valence electrons. The van der Waals surface area contributed by atoms with Crippen LogP contribution >= 0.6 is 0 Å². The largest absolute Gasteiger partial charge is 0.612 e. The number of allylic oxidation sites excluding steroid dienone is 8. The molecule has 0 atom stereocenters. The third-order valence-electron chi connectivity index (χ3n) is 2.13. The summed E-state index contributed by atoms with van der Waals surface area (Å²) in [5.74, 6) is 0.